The molecule has 2 fully saturated rings. The number of benzene rings is 4. The van der Waals surface area contributed by atoms with Crippen molar-refractivity contribution in [3.8, 4) is 11.1 Å². The van der Waals surface area contributed by atoms with Gasteiger partial charge >= 0.3 is 11.9 Å². The maximum atomic E-state index is 15.5. The monoisotopic (exact) mass is 1960 g/mol. The van der Waals surface area contributed by atoms with E-state index in [2.05, 4.69) is 84.7 Å². The molecule has 2 aliphatic rings. The maximum Gasteiger partial charge on any atom is 0.335 e. The summed E-state index contributed by atoms with van der Waals surface area (Å²) in [4.78, 5) is 266. The van der Waals surface area contributed by atoms with Crippen LogP contribution in [0.1, 0.15) is 184 Å². The number of amides is 16. The number of aromatic carboxylic acids is 1. The third-order valence-corrected chi connectivity index (χ3v) is 25.4. The number of thioether (sulfide) groups is 1. The third-order valence-electron chi connectivity index (χ3n) is 24.4. The number of nitrogens with one attached hydrogen (secondary N) is 15. The highest BCUT2D eigenvalue weighted by Crippen LogP contribution is 2.29. The molecular weight excluding hydrogens is 1820 g/mol. The van der Waals surface area contributed by atoms with Gasteiger partial charge in [-0.25, -0.2) is 4.79 Å². The Balaban J connectivity index is 1.35. The van der Waals surface area contributed by atoms with Crippen LogP contribution in [-0.2, 0) is 107 Å². The fraction of sp³-hybridized carbons (Fsp3) is 0.525. The number of hydrogen-bond acceptors (Lipinski definition) is 23. The van der Waals surface area contributed by atoms with E-state index in [1.54, 1.807) is 98.7 Å². The van der Waals surface area contributed by atoms with Crippen molar-refractivity contribution in [2.75, 3.05) is 24.6 Å². The molecule has 0 spiro atoms. The molecule has 7 rings (SSSR count). The summed E-state index contributed by atoms with van der Waals surface area (Å²) in [5, 5.41) is 71.4. The third kappa shape index (κ3) is 36.8. The highest BCUT2D eigenvalue weighted by Gasteiger charge is 2.42. The number of rotatable bonds is 29. The van der Waals surface area contributed by atoms with Gasteiger partial charge in [0, 0.05) is 43.8 Å². The fourth-order valence-electron chi connectivity index (χ4n) is 16.2. The van der Waals surface area contributed by atoms with E-state index in [1.807, 2.05) is 42.5 Å². The van der Waals surface area contributed by atoms with Crippen LogP contribution in [-0.4, -0.2) is 248 Å². The molecule has 1 aliphatic heterocycles. The highest BCUT2D eigenvalue weighted by atomic mass is 32.2. The van der Waals surface area contributed by atoms with E-state index in [4.69, 9.17) is 17.2 Å². The minimum absolute atomic E-state index is 0.0248. The molecule has 1 saturated carbocycles. The summed E-state index contributed by atoms with van der Waals surface area (Å²) < 4.78 is 0. The van der Waals surface area contributed by atoms with Gasteiger partial charge in [0.05, 0.1) is 23.8 Å². The molecule has 0 unspecified atom stereocenters. The van der Waals surface area contributed by atoms with Crippen molar-refractivity contribution < 1.29 is 102 Å². The van der Waals surface area contributed by atoms with Gasteiger partial charge in [-0.1, -0.05) is 190 Å². The lowest BCUT2D eigenvalue weighted by Gasteiger charge is -2.31. The van der Waals surface area contributed by atoms with Gasteiger partial charge in [0.15, 0.2) is 0 Å². The van der Waals surface area contributed by atoms with Gasteiger partial charge in [0.25, 0.3) is 0 Å². The van der Waals surface area contributed by atoms with E-state index < -0.39 is 245 Å². The molecule has 4 aromatic carbocycles. The second kappa shape index (κ2) is 56.7. The van der Waals surface area contributed by atoms with Crippen LogP contribution in [0.3, 0.4) is 0 Å². The number of aryl methyl sites for hydroxylation is 1. The second-order valence-electron chi connectivity index (χ2n) is 37.1. The summed E-state index contributed by atoms with van der Waals surface area (Å²) in [6, 6.07) is 7.19. The first-order chi connectivity index (χ1) is 66.4. The first-order valence-electron chi connectivity index (χ1n) is 47.6. The molecule has 5 aromatic rings. The Morgan fingerprint density at radius 1 is 0.450 bits per heavy atom. The van der Waals surface area contributed by atoms with Crippen LogP contribution in [0.5, 0.6) is 0 Å². The zero-order valence-corrected chi connectivity index (χ0v) is 82.0. The molecule has 1 aliphatic carbocycles. The Labute approximate surface area is 819 Å². The summed E-state index contributed by atoms with van der Waals surface area (Å²) in [5.41, 5.74) is 21.5. The van der Waals surface area contributed by atoms with Crippen LogP contribution >= 0.6 is 11.8 Å². The van der Waals surface area contributed by atoms with Gasteiger partial charge in [-0.15, -0.1) is 11.8 Å². The van der Waals surface area contributed by atoms with E-state index in [1.165, 1.54) is 55.7 Å². The smallest absolute Gasteiger partial charge is 0.335 e. The zero-order valence-electron chi connectivity index (χ0n) is 81.2. The number of aromatic nitrogens is 1. The van der Waals surface area contributed by atoms with Crippen LogP contribution in [0.2, 0.25) is 0 Å². The average molecular weight is 1960 g/mol. The van der Waals surface area contributed by atoms with Crippen molar-refractivity contribution in [3.05, 3.63) is 161 Å². The van der Waals surface area contributed by atoms with Gasteiger partial charge < -0.3 is 112 Å². The molecule has 16 amide bonds. The number of aliphatic hydroxyl groups excluding tert-OH is 1. The standard InChI is InChI=1S/C99H139N19O21S/c1-12-57(9)82-97(136)107-68(27-20-39-100)85(124)108-70(43-53(2)3)87(126)106-69(36-40-101)86(125)109-73(45-60-22-15-13-16-23-60)91(130)116-81(55(6)7)96(135)118-83(59(11)119)98(137)114-77(94(133)104-58(10)84(102)123)51-140-52-78(120)105-71(48-63-37-41-103-42-38-63)88(127)110-72(46-62-30-34-67(35-31-62)99(138)139)89(128)112-76(50-79(121)122)90(129)111-75(49-64-24-19-21-56(8)44-64)92(131)115-80(54(4)5)95(134)113-74(93(132)117-82)47-61-28-32-66(33-29-61)65-25-17-14-18-26-65/h14,17-19,21,24-26,28-35,37-38,41-42,44,53-55,57-60,68-77,80-83,119H,12-13,15-16,20,22-23,27,36,39-40,43,45-52,100-101H2,1-11H3,(H2,102,123)(H,104,133)(H,105,120)(H,106,126)(H,107,136)(H,108,124)(H,109,125)(H,110,127)(H,111,129)(H,112,128)(H,113,134)(H,114,137)(H,115,131)(H,116,130)(H,117,132)(H,118,135)(H,121,122)(H,138,139)/t57-,58+,59-,68+,69+,70-,71+,72+,73+,74+,75+,76+,77+,80+,81+,82+,83+/m1/s1. The van der Waals surface area contributed by atoms with Gasteiger partial charge in [-0.05, 0) is 153 Å². The van der Waals surface area contributed by atoms with Gasteiger partial charge in [0.1, 0.15) is 90.6 Å². The minimum atomic E-state index is -2.09. The minimum Gasteiger partial charge on any atom is -0.481 e. The van der Waals surface area contributed by atoms with Crippen molar-refractivity contribution in [2.45, 2.75) is 276 Å². The SMILES string of the molecule is CC[C@@H](C)[C@@H]1NC(=O)[C@H](Cc2ccc(-c3ccccc3)cc2)NC(=O)[C@H](C(C)C)NC(=O)[C@H](Cc2cccc(C)c2)NC(=O)[C@H](CC(=O)O)NC(=O)[C@H](Cc2ccc(C(=O)O)cc2)NC(=O)[C@H](Cc2ccncc2)NC(=O)CSC[C@@H](C(=O)N[C@@H](C)C(N)=O)NC(=O)[C@H]([C@@H](C)O)NC(=O)[C@H](C(C)C)NC(=O)[C@H](CC2CCCCC2)NC(=O)[C@H](CCN)NC(=O)[C@@H](CC(C)C)NC(=O)[C@H](CCCN)NC1=O. The van der Waals surface area contributed by atoms with Crippen molar-refractivity contribution in [3.63, 3.8) is 0 Å². The molecule has 41 heteroatoms. The Morgan fingerprint density at radius 3 is 1.41 bits per heavy atom. The summed E-state index contributed by atoms with van der Waals surface area (Å²) in [6.45, 7) is 17.2. The fourth-order valence-corrected chi connectivity index (χ4v) is 17.0. The van der Waals surface area contributed by atoms with E-state index >= 15 is 38.4 Å². The van der Waals surface area contributed by atoms with Crippen LogP contribution in [0.4, 0.5) is 0 Å². The Morgan fingerprint density at radius 2 is 0.886 bits per heavy atom. The molecular formula is C99H139N19O21S. The van der Waals surface area contributed by atoms with Crippen LogP contribution in [0.25, 0.3) is 11.1 Å². The number of carbonyl (C=O) groups excluding carboxylic acids is 16. The molecule has 17 atom stereocenters. The van der Waals surface area contributed by atoms with Crippen molar-refractivity contribution in [1.82, 2.24) is 84.7 Å². The lowest BCUT2D eigenvalue weighted by molar-refractivity contribution is -0.141. The van der Waals surface area contributed by atoms with Gasteiger partial charge in [-0.2, -0.15) is 0 Å². The normalized spacial score (nSPS) is 24.1. The molecule has 24 N–H and O–H groups in total. The van der Waals surface area contributed by atoms with Crippen LogP contribution in [0.15, 0.2) is 128 Å². The van der Waals surface area contributed by atoms with Gasteiger partial charge in [0.2, 0.25) is 94.5 Å². The zero-order chi connectivity index (χ0) is 103. The predicted octanol–water partition coefficient (Wildman–Crippen LogP) is 0.868. The number of aliphatic hydroxyl groups is 1. The molecule has 1 saturated heterocycles. The number of hydrogen-bond donors (Lipinski definition) is 21. The topological polar surface area (TPSA) is 639 Å². The van der Waals surface area contributed by atoms with E-state index in [0.29, 0.717) is 46.9 Å². The molecule has 40 nitrogen and oxygen atoms in total. The van der Waals surface area contributed by atoms with Crippen molar-refractivity contribution in [2.24, 2.45) is 46.8 Å². The van der Waals surface area contributed by atoms with Crippen LogP contribution in [0, 0.1) is 36.5 Å². The first-order valence-corrected chi connectivity index (χ1v) is 48.7. The molecule has 2 heterocycles. The molecule has 1 aromatic heterocycles. The number of pyridine rings is 1. The summed E-state index contributed by atoms with van der Waals surface area (Å²) in [6.07, 6.45) is 2.34. The number of primary amides is 1. The lowest BCUT2D eigenvalue weighted by Crippen LogP contribution is -2.63. The summed E-state index contributed by atoms with van der Waals surface area (Å²) in [7, 11) is 0. The molecule has 0 bridgehead atoms. The number of nitrogens with zero attached hydrogens (tertiary/aromatic N) is 1. The van der Waals surface area contributed by atoms with Gasteiger partial charge in [-0.3, -0.25) is 86.5 Å². The summed E-state index contributed by atoms with van der Waals surface area (Å²) in [5.74, 6) is -22.9. The maximum absolute atomic E-state index is 15.5. The summed E-state index contributed by atoms with van der Waals surface area (Å²) >= 11 is 0.699. The molecule has 762 valence electrons. The highest BCUT2D eigenvalue weighted by molar-refractivity contribution is 8.00. The Kier molecular flexibility index (Phi) is 46.0. The lowest BCUT2D eigenvalue weighted by atomic mass is 9.84. The number of carboxylic acids is 2. The number of aliphatic carboxylic acids is 1. The van der Waals surface area contributed by atoms with Crippen molar-refractivity contribution >= 4 is 118 Å². The van der Waals surface area contributed by atoms with Crippen LogP contribution < -0.4 is 97.0 Å². The van der Waals surface area contributed by atoms with E-state index in [-0.39, 0.29) is 93.8 Å². The number of carbonyl (C=O) groups is 18. The van der Waals surface area contributed by atoms with E-state index in [9.17, 15) is 63.3 Å². The average Bonchev–Trinajstić information content (AvgIpc) is 0.834. The number of carboxylic acid groups (broad SMARTS) is 2. The largest absolute Gasteiger partial charge is 0.481 e. The number of nitrogens with two attached hydrogens (primary N) is 3. The second-order valence-corrected chi connectivity index (χ2v) is 38.1. The molecule has 140 heavy (non-hydrogen) atoms. The van der Waals surface area contributed by atoms with Crippen molar-refractivity contribution in [1.29, 1.82) is 0 Å². The first kappa shape index (κ1) is 114. The predicted molar refractivity (Wildman–Crippen MR) is 522 cm³/mol. The molecule has 0 radical (unpaired) electrons. The Hall–Kier alpha value is -13.3. The Bertz CT molecular complexity index is 5070. The quantitative estimate of drug-likeness (QED) is 0.0316. The van der Waals surface area contributed by atoms with E-state index in [0.717, 1.165) is 37.3 Å².